The van der Waals surface area contributed by atoms with Crippen LogP contribution in [0.2, 0.25) is 0 Å². The zero-order valence-corrected chi connectivity index (χ0v) is 15.1. The average molecular weight is 366 g/mol. The molecule has 3 amide bonds. The van der Waals surface area contributed by atoms with Crippen LogP contribution in [-0.4, -0.2) is 58.8 Å². The topological polar surface area (TPSA) is 116 Å². The molecule has 0 aliphatic heterocycles. The lowest BCUT2D eigenvalue weighted by molar-refractivity contribution is -0.125. The molecule has 0 spiro atoms. The Morgan fingerprint density at radius 1 is 1.19 bits per heavy atom. The molecule has 144 valence electrons. The molecule has 0 bridgehead atoms. The standard InChI is InChI=1S/C18H26N2O6/c1-13(2)8-9-20(18(24)25)17(23)19-15(16(22)10-21)12-26-11-14-6-4-3-5-7-14/h3-7,13,15,21H,8-12H2,1-2H3,(H,19,23)(H,24,25)/t15-/m0/s1. The van der Waals surface area contributed by atoms with Crippen molar-refractivity contribution >= 4 is 17.9 Å². The van der Waals surface area contributed by atoms with E-state index in [0.29, 0.717) is 11.3 Å². The van der Waals surface area contributed by atoms with E-state index in [-0.39, 0.29) is 25.7 Å². The van der Waals surface area contributed by atoms with E-state index in [9.17, 15) is 19.5 Å². The number of nitrogens with zero attached hydrogens (tertiary/aromatic N) is 1. The van der Waals surface area contributed by atoms with Crippen molar-refractivity contribution in [3.63, 3.8) is 0 Å². The minimum absolute atomic E-state index is 0.0176. The molecule has 0 fully saturated rings. The van der Waals surface area contributed by atoms with Crippen LogP contribution in [0.4, 0.5) is 9.59 Å². The molecule has 0 aromatic heterocycles. The fourth-order valence-electron chi connectivity index (χ4n) is 2.09. The Morgan fingerprint density at radius 2 is 1.85 bits per heavy atom. The largest absolute Gasteiger partial charge is 0.465 e. The normalized spacial score (nSPS) is 11.8. The number of aliphatic hydroxyl groups excluding tert-OH is 1. The number of ketones is 1. The minimum Gasteiger partial charge on any atom is -0.465 e. The maximum Gasteiger partial charge on any atom is 0.415 e. The minimum atomic E-state index is -1.40. The molecule has 0 aliphatic rings. The predicted molar refractivity (Wildman–Crippen MR) is 94.7 cm³/mol. The first-order valence-electron chi connectivity index (χ1n) is 8.41. The number of carboxylic acid groups (broad SMARTS) is 1. The van der Waals surface area contributed by atoms with E-state index in [2.05, 4.69) is 5.32 Å². The maximum atomic E-state index is 12.2. The van der Waals surface area contributed by atoms with Crippen molar-refractivity contribution in [1.82, 2.24) is 10.2 Å². The molecule has 0 aliphatic carbocycles. The number of ether oxygens (including phenoxy) is 1. The molecule has 8 heteroatoms. The van der Waals surface area contributed by atoms with Gasteiger partial charge in [0.05, 0.1) is 13.2 Å². The third-order valence-electron chi connectivity index (χ3n) is 3.64. The number of benzene rings is 1. The first-order chi connectivity index (χ1) is 12.3. The van der Waals surface area contributed by atoms with E-state index < -0.39 is 30.6 Å². The zero-order valence-electron chi connectivity index (χ0n) is 15.1. The lowest BCUT2D eigenvalue weighted by Gasteiger charge is -2.23. The molecule has 1 aromatic rings. The fraction of sp³-hybridized carbons (Fsp3) is 0.500. The van der Waals surface area contributed by atoms with Gasteiger partial charge < -0.3 is 20.3 Å². The second kappa shape index (κ2) is 11.2. The van der Waals surface area contributed by atoms with Crippen LogP contribution in [0.15, 0.2) is 30.3 Å². The van der Waals surface area contributed by atoms with Crippen LogP contribution < -0.4 is 5.32 Å². The molecule has 0 unspecified atom stereocenters. The van der Waals surface area contributed by atoms with E-state index in [1.54, 1.807) is 0 Å². The second-order valence-corrected chi connectivity index (χ2v) is 6.24. The molecule has 0 saturated carbocycles. The summed E-state index contributed by atoms with van der Waals surface area (Å²) < 4.78 is 5.43. The van der Waals surface area contributed by atoms with Crippen LogP contribution in [0, 0.1) is 5.92 Å². The van der Waals surface area contributed by atoms with Gasteiger partial charge in [-0.25, -0.2) is 14.5 Å². The van der Waals surface area contributed by atoms with Crippen LogP contribution in [0.3, 0.4) is 0 Å². The Balaban J connectivity index is 2.65. The molecule has 0 saturated heterocycles. The highest BCUT2D eigenvalue weighted by Gasteiger charge is 2.26. The highest BCUT2D eigenvalue weighted by atomic mass is 16.5. The van der Waals surface area contributed by atoms with Gasteiger partial charge in [0.1, 0.15) is 12.6 Å². The third kappa shape index (κ3) is 7.62. The van der Waals surface area contributed by atoms with Crippen LogP contribution in [0.25, 0.3) is 0 Å². The lowest BCUT2D eigenvalue weighted by atomic mass is 10.1. The summed E-state index contributed by atoms with van der Waals surface area (Å²) in [5.41, 5.74) is 0.887. The predicted octanol–water partition coefficient (Wildman–Crippen LogP) is 1.87. The summed E-state index contributed by atoms with van der Waals surface area (Å²) in [6, 6.07) is 7.20. The van der Waals surface area contributed by atoms with Crippen molar-refractivity contribution in [1.29, 1.82) is 0 Å². The van der Waals surface area contributed by atoms with E-state index in [4.69, 9.17) is 9.84 Å². The van der Waals surface area contributed by atoms with E-state index in [1.165, 1.54) is 0 Å². The van der Waals surface area contributed by atoms with E-state index in [0.717, 1.165) is 5.56 Å². The highest BCUT2D eigenvalue weighted by Crippen LogP contribution is 2.05. The number of imide groups is 1. The molecule has 26 heavy (non-hydrogen) atoms. The smallest absolute Gasteiger partial charge is 0.415 e. The average Bonchev–Trinajstić information content (AvgIpc) is 2.60. The van der Waals surface area contributed by atoms with Crippen LogP contribution in [0.1, 0.15) is 25.8 Å². The van der Waals surface area contributed by atoms with E-state index >= 15 is 0 Å². The molecule has 1 aromatic carbocycles. The zero-order chi connectivity index (χ0) is 19.5. The summed E-state index contributed by atoms with van der Waals surface area (Å²) >= 11 is 0. The number of hydrogen-bond donors (Lipinski definition) is 3. The summed E-state index contributed by atoms with van der Waals surface area (Å²) in [6.45, 7) is 3.11. The van der Waals surface area contributed by atoms with Crippen LogP contribution >= 0.6 is 0 Å². The number of rotatable bonds is 10. The summed E-state index contributed by atoms with van der Waals surface area (Å²) in [6.07, 6.45) is -0.897. The number of carbonyl (C=O) groups excluding carboxylic acids is 2. The van der Waals surface area contributed by atoms with Crippen molar-refractivity contribution in [2.24, 2.45) is 5.92 Å². The Kier molecular flexibility index (Phi) is 9.32. The first kappa shape index (κ1) is 21.6. The highest BCUT2D eigenvalue weighted by molar-refractivity contribution is 5.94. The van der Waals surface area contributed by atoms with Gasteiger partial charge in [-0.2, -0.15) is 0 Å². The van der Waals surface area contributed by atoms with Gasteiger partial charge in [-0.3, -0.25) is 4.79 Å². The molecule has 8 nitrogen and oxygen atoms in total. The van der Waals surface area contributed by atoms with Gasteiger partial charge in [-0.1, -0.05) is 44.2 Å². The number of carbonyl (C=O) groups is 3. The van der Waals surface area contributed by atoms with Crippen molar-refractivity contribution in [2.45, 2.75) is 32.9 Å². The van der Waals surface area contributed by atoms with Crippen molar-refractivity contribution in [3.8, 4) is 0 Å². The summed E-state index contributed by atoms with van der Waals surface area (Å²) in [5.74, 6) is -0.436. The van der Waals surface area contributed by atoms with Gasteiger partial charge in [-0.05, 0) is 17.9 Å². The number of hydrogen-bond acceptors (Lipinski definition) is 5. The van der Waals surface area contributed by atoms with Crippen LogP contribution in [-0.2, 0) is 16.1 Å². The molecule has 1 rings (SSSR count). The van der Waals surface area contributed by atoms with Gasteiger partial charge in [-0.15, -0.1) is 0 Å². The maximum absolute atomic E-state index is 12.2. The van der Waals surface area contributed by atoms with Gasteiger partial charge in [0.2, 0.25) is 0 Å². The van der Waals surface area contributed by atoms with Crippen molar-refractivity contribution < 1.29 is 29.3 Å². The number of amides is 3. The van der Waals surface area contributed by atoms with Crippen LogP contribution in [0.5, 0.6) is 0 Å². The number of urea groups is 1. The van der Waals surface area contributed by atoms with Gasteiger partial charge in [0.25, 0.3) is 0 Å². The second-order valence-electron chi connectivity index (χ2n) is 6.24. The summed E-state index contributed by atoms with van der Waals surface area (Å²) in [7, 11) is 0. The molecule has 3 N–H and O–H groups in total. The van der Waals surface area contributed by atoms with Crippen molar-refractivity contribution in [3.05, 3.63) is 35.9 Å². The monoisotopic (exact) mass is 366 g/mol. The molecule has 0 radical (unpaired) electrons. The van der Waals surface area contributed by atoms with Gasteiger partial charge in [0.15, 0.2) is 5.78 Å². The SMILES string of the molecule is CC(C)CCN(C(=O)O)C(=O)N[C@@H](COCc1ccccc1)C(=O)CO. The summed E-state index contributed by atoms with van der Waals surface area (Å²) in [5, 5.41) is 20.6. The number of aliphatic hydroxyl groups is 1. The van der Waals surface area contributed by atoms with Gasteiger partial charge >= 0.3 is 12.1 Å². The Bertz CT molecular complexity index is 591. The Labute approximate surface area is 152 Å². The van der Waals surface area contributed by atoms with E-state index in [1.807, 2.05) is 44.2 Å². The van der Waals surface area contributed by atoms with Gasteiger partial charge in [0, 0.05) is 6.54 Å². The molecular formula is C18H26N2O6. The number of Topliss-reactive ketones (excluding diaryl/α,β-unsaturated/α-hetero) is 1. The molecule has 0 heterocycles. The molecular weight excluding hydrogens is 340 g/mol. The van der Waals surface area contributed by atoms with Crippen molar-refractivity contribution in [2.75, 3.05) is 19.8 Å². The number of nitrogens with one attached hydrogen (secondary N) is 1. The molecule has 1 atom stereocenters. The fourth-order valence-corrected chi connectivity index (χ4v) is 2.09. The quantitative estimate of drug-likeness (QED) is 0.582. The third-order valence-corrected chi connectivity index (χ3v) is 3.64. The Hall–Kier alpha value is -2.45. The Morgan fingerprint density at radius 3 is 2.38 bits per heavy atom. The summed E-state index contributed by atoms with van der Waals surface area (Å²) in [4.78, 5) is 35.9. The lowest BCUT2D eigenvalue weighted by Crippen LogP contribution is -2.52. The first-order valence-corrected chi connectivity index (χ1v) is 8.41.